The van der Waals surface area contributed by atoms with E-state index < -0.39 is 0 Å². The molecule has 0 aliphatic rings. The maximum absolute atomic E-state index is 11.8. The molecule has 0 atom stereocenters. The van der Waals surface area contributed by atoms with E-state index >= 15 is 0 Å². The van der Waals surface area contributed by atoms with Crippen molar-refractivity contribution in [3.05, 3.63) is 57.8 Å². The smallest absolute Gasteiger partial charge is 0.138 e. The fourth-order valence-corrected chi connectivity index (χ4v) is 2.71. The number of carbonyl (C=O) groups is 1. The summed E-state index contributed by atoms with van der Waals surface area (Å²) < 4.78 is 0. The monoisotopic (exact) mass is 244 g/mol. The fraction of sp³-hybridized carbons (Fsp3) is 0.267. The van der Waals surface area contributed by atoms with Gasteiger partial charge >= 0.3 is 0 Å². The highest BCUT2D eigenvalue weighted by Gasteiger charge is 2.05. The van der Waals surface area contributed by atoms with E-state index in [1.807, 2.05) is 18.2 Å². The Hall–Kier alpha value is -1.41. The first kappa shape index (κ1) is 12.1. The zero-order chi connectivity index (χ0) is 12.1. The van der Waals surface area contributed by atoms with Crippen LogP contribution in [0.15, 0.2) is 42.5 Å². The van der Waals surface area contributed by atoms with E-state index in [-0.39, 0.29) is 0 Å². The maximum atomic E-state index is 11.8. The highest BCUT2D eigenvalue weighted by atomic mass is 32.1. The summed E-state index contributed by atoms with van der Waals surface area (Å²) in [4.78, 5) is 14.3. The van der Waals surface area contributed by atoms with Crippen LogP contribution in [0.4, 0.5) is 0 Å². The van der Waals surface area contributed by atoms with Crippen LogP contribution in [0.1, 0.15) is 21.7 Å². The number of carbonyl (C=O) groups excluding carboxylic acids is 1. The first-order chi connectivity index (χ1) is 8.24. The highest BCUT2D eigenvalue weighted by Crippen LogP contribution is 2.16. The molecule has 0 radical (unpaired) electrons. The SMILES string of the molecule is Cc1ccc(CC(=O)CCc2ccccc2)s1. The summed E-state index contributed by atoms with van der Waals surface area (Å²) >= 11 is 1.72. The lowest BCUT2D eigenvalue weighted by Gasteiger charge is -2.00. The number of ketones is 1. The predicted molar refractivity (Wildman–Crippen MR) is 72.5 cm³/mol. The number of Topliss-reactive ketones (excluding diaryl/α,β-unsaturated/α-hetero) is 1. The van der Waals surface area contributed by atoms with Gasteiger partial charge in [0, 0.05) is 22.6 Å². The van der Waals surface area contributed by atoms with E-state index in [9.17, 15) is 4.79 Å². The van der Waals surface area contributed by atoms with E-state index in [4.69, 9.17) is 0 Å². The minimum Gasteiger partial charge on any atom is -0.299 e. The van der Waals surface area contributed by atoms with Gasteiger partial charge in [0.15, 0.2) is 0 Å². The van der Waals surface area contributed by atoms with Crippen LogP contribution in [0.3, 0.4) is 0 Å². The number of hydrogen-bond acceptors (Lipinski definition) is 2. The Morgan fingerprint density at radius 1 is 1.12 bits per heavy atom. The summed E-state index contributed by atoms with van der Waals surface area (Å²) in [6.45, 7) is 2.07. The van der Waals surface area contributed by atoms with Crippen molar-refractivity contribution in [2.45, 2.75) is 26.2 Å². The molecule has 17 heavy (non-hydrogen) atoms. The number of aryl methyl sites for hydroxylation is 2. The van der Waals surface area contributed by atoms with Crippen LogP contribution < -0.4 is 0 Å². The third kappa shape index (κ3) is 3.82. The lowest BCUT2D eigenvalue weighted by atomic mass is 10.1. The molecule has 1 heterocycles. The zero-order valence-corrected chi connectivity index (χ0v) is 10.8. The van der Waals surface area contributed by atoms with E-state index in [1.165, 1.54) is 15.3 Å². The lowest BCUT2D eigenvalue weighted by Crippen LogP contribution is -2.02. The van der Waals surface area contributed by atoms with Crippen molar-refractivity contribution in [1.82, 2.24) is 0 Å². The van der Waals surface area contributed by atoms with Crippen molar-refractivity contribution < 1.29 is 4.79 Å². The van der Waals surface area contributed by atoms with Gasteiger partial charge in [-0.1, -0.05) is 30.3 Å². The van der Waals surface area contributed by atoms with Crippen molar-refractivity contribution in [3.63, 3.8) is 0 Å². The molecule has 1 aromatic carbocycles. The molecule has 0 N–H and O–H groups in total. The molecule has 1 nitrogen and oxygen atoms in total. The van der Waals surface area contributed by atoms with Gasteiger partial charge < -0.3 is 0 Å². The van der Waals surface area contributed by atoms with Crippen molar-refractivity contribution in [3.8, 4) is 0 Å². The second-order valence-electron chi connectivity index (χ2n) is 4.21. The summed E-state index contributed by atoms with van der Waals surface area (Å²) in [7, 11) is 0. The molecule has 88 valence electrons. The molecule has 2 heteroatoms. The van der Waals surface area contributed by atoms with E-state index in [0.29, 0.717) is 18.6 Å². The summed E-state index contributed by atoms with van der Waals surface area (Å²) in [5.74, 6) is 0.329. The fourth-order valence-electron chi connectivity index (χ4n) is 1.79. The first-order valence-electron chi connectivity index (χ1n) is 5.85. The number of hydrogen-bond donors (Lipinski definition) is 0. The molecule has 0 aliphatic heterocycles. The van der Waals surface area contributed by atoms with Crippen LogP contribution in [0.5, 0.6) is 0 Å². The van der Waals surface area contributed by atoms with Gasteiger partial charge in [-0.3, -0.25) is 4.79 Å². The average molecular weight is 244 g/mol. The van der Waals surface area contributed by atoms with Crippen molar-refractivity contribution in [1.29, 1.82) is 0 Å². The molecule has 0 saturated carbocycles. The Balaban J connectivity index is 1.82. The molecule has 0 saturated heterocycles. The van der Waals surface area contributed by atoms with Crippen LogP contribution in [0.25, 0.3) is 0 Å². The molecular formula is C15H16OS. The molecule has 0 unspecified atom stereocenters. The van der Waals surface area contributed by atoms with Gasteiger partial charge in [-0.05, 0) is 31.0 Å². The third-order valence-electron chi connectivity index (χ3n) is 2.70. The van der Waals surface area contributed by atoms with Crippen molar-refractivity contribution in [2.75, 3.05) is 0 Å². The van der Waals surface area contributed by atoms with Gasteiger partial charge in [0.25, 0.3) is 0 Å². The summed E-state index contributed by atoms with van der Waals surface area (Å²) in [6.07, 6.45) is 2.08. The molecular weight excluding hydrogens is 228 g/mol. The molecule has 0 bridgehead atoms. The Labute approximate surface area is 106 Å². The van der Waals surface area contributed by atoms with E-state index in [2.05, 4.69) is 31.2 Å². The largest absolute Gasteiger partial charge is 0.299 e. The van der Waals surface area contributed by atoms with Crippen LogP contribution in [0, 0.1) is 6.92 Å². The van der Waals surface area contributed by atoms with Crippen molar-refractivity contribution in [2.24, 2.45) is 0 Å². The van der Waals surface area contributed by atoms with Crippen LogP contribution in [0.2, 0.25) is 0 Å². The minimum absolute atomic E-state index is 0.329. The summed E-state index contributed by atoms with van der Waals surface area (Å²) in [5.41, 5.74) is 1.24. The van der Waals surface area contributed by atoms with Gasteiger partial charge in [0.05, 0.1) is 0 Å². The second kappa shape index (κ2) is 5.78. The quantitative estimate of drug-likeness (QED) is 0.782. The number of rotatable bonds is 5. The van der Waals surface area contributed by atoms with Gasteiger partial charge in [0.2, 0.25) is 0 Å². The Morgan fingerprint density at radius 3 is 2.53 bits per heavy atom. The summed E-state index contributed by atoms with van der Waals surface area (Å²) in [6, 6.07) is 14.3. The second-order valence-corrected chi connectivity index (χ2v) is 5.59. The molecule has 0 amide bonds. The topological polar surface area (TPSA) is 17.1 Å². The van der Waals surface area contributed by atoms with Crippen LogP contribution in [-0.4, -0.2) is 5.78 Å². The van der Waals surface area contributed by atoms with Crippen LogP contribution >= 0.6 is 11.3 Å². The minimum atomic E-state index is 0.329. The Bertz CT molecular complexity index is 485. The van der Waals surface area contributed by atoms with Gasteiger partial charge in [0.1, 0.15) is 5.78 Å². The van der Waals surface area contributed by atoms with Gasteiger partial charge in [-0.25, -0.2) is 0 Å². The molecule has 2 aromatic rings. The number of benzene rings is 1. The third-order valence-corrected chi connectivity index (χ3v) is 3.70. The Morgan fingerprint density at radius 2 is 1.88 bits per heavy atom. The zero-order valence-electron chi connectivity index (χ0n) is 9.98. The average Bonchev–Trinajstić information content (AvgIpc) is 2.73. The molecule has 2 rings (SSSR count). The molecule has 1 aromatic heterocycles. The first-order valence-corrected chi connectivity index (χ1v) is 6.66. The molecule has 0 spiro atoms. The van der Waals surface area contributed by atoms with Crippen molar-refractivity contribution >= 4 is 17.1 Å². The lowest BCUT2D eigenvalue weighted by molar-refractivity contribution is -0.118. The van der Waals surface area contributed by atoms with Gasteiger partial charge in [-0.15, -0.1) is 11.3 Å². The molecule has 0 fully saturated rings. The van der Waals surface area contributed by atoms with E-state index in [0.717, 1.165) is 6.42 Å². The molecule has 0 aliphatic carbocycles. The Kier molecular flexibility index (Phi) is 4.10. The number of thiophene rings is 1. The summed E-state index contributed by atoms with van der Waals surface area (Å²) in [5, 5.41) is 0. The maximum Gasteiger partial charge on any atom is 0.138 e. The normalized spacial score (nSPS) is 10.4. The van der Waals surface area contributed by atoms with Gasteiger partial charge in [-0.2, -0.15) is 0 Å². The highest BCUT2D eigenvalue weighted by molar-refractivity contribution is 7.12. The standard InChI is InChI=1S/C15H16OS/c1-12-7-10-15(17-12)11-14(16)9-8-13-5-3-2-4-6-13/h2-7,10H,8-9,11H2,1H3. The van der Waals surface area contributed by atoms with E-state index in [1.54, 1.807) is 11.3 Å². The van der Waals surface area contributed by atoms with Crippen LogP contribution in [-0.2, 0) is 17.6 Å². The predicted octanol–water partition coefficient (Wildman–Crippen LogP) is 3.80.